The van der Waals surface area contributed by atoms with Crippen molar-refractivity contribution in [3.63, 3.8) is 0 Å². The third kappa shape index (κ3) is 3.19. The first-order valence-electron chi connectivity index (χ1n) is 6.79. The lowest BCUT2D eigenvalue weighted by molar-refractivity contribution is -0.145. The Kier molecular flexibility index (Phi) is 4.92. The molecule has 0 aromatic heterocycles. The fourth-order valence-electron chi connectivity index (χ4n) is 2.91. The van der Waals surface area contributed by atoms with E-state index in [0.717, 1.165) is 18.6 Å². The lowest BCUT2D eigenvalue weighted by Gasteiger charge is -2.37. The molecule has 1 heterocycles. The summed E-state index contributed by atoms with van der Waals surface area (Å²) < 4.78 is 0. The molecule has 2 aliphatic rings. The Bertz CT molecular complexity index is 316. The van der Waals surface area contributed by atoms with Crippen LogP contribution in [0, 0.1) is 5.92 Å². The van der Waals surface area contributed by atoms with Gasteiger partial charge in [-0.2, -0.15) is 11.8 Å². The second-order valence-corrected chi connectivity index (χ2v) is 6.18. The van der Waals surface area contributed by atoms with Gasteiger partial charge in [0.25, 0.3) is 0 Å². The standard InChI is InChI=1S/C13H22N2O2S/c1-18-8-7-15-9-11(16)14-12(13(15)17)10-5-3-2-4-6-10/h10,12H,2-9H2,1H3,(H,14,16). The molecular weight excluding hydrogens is 248 g/mol. The van der Waals surface area contributed by atoms with Gasteiger partial charge in [0.1, 0.15) is 6.04 Å². The minimum Gasteiger partial charge on any atom is -0.342 e. The van der Waals surface area contributed by atoms with E-state index in [2.05, 4.69) is 5.32 Å². The average molecular weight is 270 g/mol. The normalized spacial score (nSPS) is 26.3. The summed E-state index contributed by atoms with van der Waals surface area (Å²) >= 11 is 1.71. The van der Waals surface area contributed by atoms with Crippen LogP contribution < -0.4 is 5.32 Å². The Labute approximate surface area is 113 Å². The van der Waals surface area contributed by atoms with E-state index in [1.54, 1.807) is 16.7 Å². The number of hydrogen-bond donors (Lipinski definition) is 1. The van der Waals surface area contributed by atoms with Crippen LogP contribution >= 0.6 is 11.8 Å². The molecule has 0 radical (unpaired) electrons. The molecule has 0 bridgehead atoms. The zero-order chi connectivity index (χ0) is 13.0. The van der Waals surface area contributed by atoms with Crippen molar-refractivity contribution in [2.24, 2.45) is 5.92 Å². The third-order valence-electron chi connectivity index (χ3n) is 3.92. The van der Waals surface area contributed by atoms with Gasteiger partial charge in [-0.3, -0.25) is 9.59 Å². The van der Waals surface area contributed by atoms with Gasteiger partial charge >= 0.3 is 0 Å². The largest absolute Gasteiger partial charge is 0.342 e. The van der Waals surface area contributed by atoms with Crippen LogP contribution in [0.1, 0.15) is 32.1 Å². The van der Waals surface area contributed by atoms with Gasteiger partial charge in [0.05, 0.1) is 6.54 Å². The molecule has 4 nitrogen and oxygen atoms in total. The van der Waals surface area contributed by atoms with Crippen LogP contribution in [-0.2, 0) is 9.59 Å². The zero-order valence-corrected chi connectivity index (χ0v) is 11.8. The van der Waals surface area contributed by atoms with E-state index < -0.39 is 0 Å². The molecule has 2 amide bonds. The predicted molar refractivity (Wildman–Crippen MR) is 73.5 cm³/mol. The summed E-state index contributed by atoms with van der Waals surface area (Å²) in [4.78, 5) is 25.8. The molecule has 1 N–H and O–H groups in total. The van der Waals surface area contributed by atoms with E-state index in [1.165, 1.54) is 19.3 Å². The van der Waals surface area contributed by atoms with E-state index in [-0.39, 0.29) is 24.4 Å². The lowest BCUT2D eigenvalue weighted by Crippen LogP contribution is -2.61. The van der Waals surface area contributed by atoms with Crippen LogP contribution in [0.2, 0.25) is 0 Å². The van der Waals surface area contributed by atoms with Crippen molar-refractivity contribution >= 4 is 23.6 Å². The predicted octanol–water partition coefficient (Wildman–Crippen LogP) is 1.26. The van der Waals surface area contributed by atoms with E-state index in [1.807, 2.05) is 6.26 Å². The van der Waals surface area contributed by atoms with Crippen molar-refractivity contribution in [1.82, 2.24) is 10.2 Å². The molecule has 0 spiro atoms. The summed E-state index contributed by atoms with van der Waals surface area (Å²) in [6, 6.07) is -0.256. The van der Waals surface area contributed by atoms with E-state index >= 15 is 0 Å². The second-order valence-electron chi connectivity index (χ2n) is 5.20. The molecule has 1 unspecified atom stereocenters. The van der Waals surface area contributed by atoms with E-state index in [0.29, 0.717) is 12.5 Å². The molecule has 1 saturated carbocycles. The molecule has 18 heavy (non-hydrogen) atoms. The number of amides is 2. The Morgan fingerprint density at radius 3 is 2.67 bits per heavy atom. The molecule has 2 rings (SSSR count). The number of nitrogens with one attached hydrogen (secondary N) is 1. The Morgan fingerprint density at radius 1 is 1.28 bits per heavy atom. The summed E-state index contributed by atoms with van der Waals surface area (Å²) in [5.74, 6) is 1.39. The Balaban J connectivity index is 1.99. The molecule has 1 saturated heterocycles. The Morgan fingerprint density at radius 2 is 2.00 bits per heavy atom. The number of thioether (sulfide) groups is 1. The maximum Gasteiger partial charge on any atom is 0.245 e. The summed E-state index contributed by atoms with van der Waals surface area (Å²) in [7, 11) is 0. The molecule has 0 aromatic carbocycles. The SMILES string of the molecule is CSCCN1CC(=O)NC(C2CCCCC2)C1=O. The van der Waals surface area contributed by atoms with Gasteiger partial charge in [0, 0.05) is 12.3 Å². The van der Waals surface area contributed by atoms with Crippen LogP contribution in [0.15, 0.2) is 0 Å². The maximum atomic E-state index is 12.4. The van der Waals surface area contributed by atoms with Crippen molar-refractivity contribution in [2.75, 3.05) is 25.1 Å². The van der Waals surface area contributed by atoms with Crippen molar-refractivity contribution in [3.8, 4) is 0 Å². The maximum absolute atomic E-state index is 12.4. The van der Waals surface area contributed by atoms with Crippen molar-refractivity contribution in [3.05, 3.63) is 0 Å². The minimum atomic E-state index is -0.256. The van der Waals surface area contributed by atoms with Crippen LogP contribution in [0.5, 0.6) is 0 Å². The van der Waals surface area contributed by atoms with E-state index in [9.17, 15) is 9.59 Å². The van der Waals surface area contributed by atoms with Gasteiger partial charge in [0.2, 0.25) is 11.8 Å². The van der Waals surface area contributed by atoms with Crippen molar-refractivity contribution in [1.29, 1.82) is 0 Å². The number of hydrogen-bond acceptors (Lipinski definition) is 3. The van der Waals surface area contributed by atoms with Crippen LogP contribution in [-0.4, -0.2) is 47.9 Å². The first-order chi connectivity index (χ1) is 8.72. The average Bonchev–Trinajstić information content (AvgIpc) is 2.40. The molecule has 1 aliphatic carbocycles. The fraction of sp³-hybridized carbons (Fsp3) is 0.846. The van der Waals surface area contributed by atoms with Gasteiger partial charge < -0.3 is 10.2 Å². The van der Waals surface area contributed by atoms with Crippen LogP contribution in [0.25, 0.3) is 0 Å². The summed E-state index contributed by atoms with van der Waals surface area (Å²) in [5, 5.41) is 2.91. The highest BCUT2D eigenvalue weighted by atomic mass is 32.2. The zero-order valence-electron chi connectivity index (χ0n) is 11.0. The fourth-order valence-corrected chi connectivity index (χ4v) is 3.31. The van der Waals surface area contributed by atoms with Gasteiger partial charge in [0.15, 0.2) is 0 Å². The second kappa shape index (κ2) is 6.45. The van der Waals surface area contributed by atoms with E-state index in [4.69, 9.17) is 0 Å². The molecular formula is C13H22N2O2S. The Hall–Kier alpha value is -0.710. The quantitative estimate of drug-likeness (QED) is 0.836. The highest BCUT2D eigenvalue weighted by molar-refractivity contribution is 7.98. The first kappa shape index (κ1) is 13.7. The highest BCUT2D eigenvalue weighted by Gasteiger charge is 2.37. The first-order valence-corrected chi connectivity index (χ1v) is 8.19. The summed E-state index contributed by atoms with van der Waals surface area (Å²) in [6.07, 6.45) is 7.82. The molecule has 5 heteroatoms. The highest BCUT2D eigenvalue weighted by Crippen LogP contribution is 2.28. The van der Waals surface area contributed by atoms with Gasteiger partial charge in [-0.25, -0.2) is 0 Å². The number of piperazine rings is 1. The molecule has 1 atom stereocenters. The van der Waals surface area contributed by atoms with Gasteiger partial charge in [-0.15, -0.1) is 0 Å². The topological polar surface area (TPSA) is 49.4 Å². The summed E-state index contributed by atoms with van der Waals surface area (Å²) in [5.41, 5.74) is 0. The number of rotatable bonds is 4. The number of carbonyl (C=O) groups excluding carboxylic acids is 2. The van der Waals surface area contributed by atoms with Crippen molar-refractivity contribution < 1.29 is 9.59 Å². The minimum absolute atomic E-state index is 0.00581. The molecule has 0 aromatic rings. The number of carbonyl (C=O) groups is 2. The smallest absolute Gasteiger partial charge is 0.245 e. The molecule has 2 fully saturated rings. The van der Waals surface area contributed by atoms with Gasteiger partial charge in [-0.05, 0) is 25.0 Å². The van der Waals surface area contributed by atoms with Crippen molar-refractivity contribution in [2.45, 2.75) is 38.1 Å². The van der Waals surface area contributed by atoms with Gasteiger partial charge in [-0.1, -0.05) is 19.3 Å². The third-order valence-corrected chi connectivity index (χ3v) is 4.51. The lowest BCUT2D eigenvalue weighted by atomic mass is 9.82. The van der Waals surface area contributed by atoms with Crippen LogP contribution in [0.3, 0.4) is 0 Å². The summed E-state index contributed by atoms with van der Waals surface area (Å²) in [6.45, 7) is 0.930. The monoisotopic (exact) mass is 270 g/mol. The number of nitrogens with zero attached hydrogens (tertiary/aromatic N) is 1. The van der Waals surface area contributed by atoms with Crippen LogP contribution in [0.4, 0.5) is 0 Å². The molecule has 1 aliphatic heterocycles. The molecule has 102 valence electrons.